The van der Waals surface area contributed by atoms with Gasteiger partial charge in [0.25, 0.3) is 0 Å². The van der Waals surface area contributed by atoms with Gasteiger partial charge < -0.3 is 20.3 Å². The van der Waals surface area contributed by atoms with Crippen molar-refractivity contribution in [2.75, 3.05) is 13.2 Å². The molecule has 1 amide bonds. The highest BCUT2D eigenvalue weighted by molar-refractivity contribution is 5.76. The van der Waals surface area contributed by atoms with Crippen LogP contribution in [0.25, 0.3) is 0 Å². The highest BCUT2D eigenvalue weighted by Gasteiger charge is 2.18. The molecule has 0 aliphatic carbocycles. The van der Waals surface area contributed by atoms with Crippen molar-refractivity contribution in [2.45, 2.75) is 328 Å². The molecular formula is C59H113NO5. The average molecular weight is 917 g/mol. The van der Waals surface area contributed by atoms with Gasteiger partial charge in [-0.15, -0.1) is 0 Å². The minimum absolute atomic E-state index is 0.000288. The summed E-state index contributed by atoms with van der Waals surface area (Å²) in [7, 11) is 0. The quantitative estimate of drug-likeness (QED) is 0.0321. The SMILES string of the molecule is CCCCCCCCCCCCCCCCC/C=C/C(O)C(CO)NC(=O)CCCCCCCCC/C=C\CCCCCCCCOC(=O)CCCCCCCCCCCCCCCC. The van der Waals surface area contributed by atoms with E-state index < -0.39 is 12.1 Å². The average Bonchev–Trinajstić information content (AvgIpc) is 3.31. The van der Waals surface area contributed by atoms with Crippen LogP contribution in [-0.2, 0) is 14.3 Å². The first kappa shape index (κ1) is 63.3. The van der Waals surface area contributed by atoms with E-state index in [2.05, 4.69) is 31.3 Å². The van der Waals surface area contributed by atoms with Crippen molar-refractivity contribution in [3.05, 3.63) is 24.3 Å². The van der Waals surface area contributed by atoms with Gasteiger partial charge in [-0.1, -0.05) is 269 Å². The molecule has 384 valence electrons. The molecule has 0 aromatic rings. The normalized spacial score (nSPS) is 12.7. The van der Waals surface area contributed by atoms with Gasteiger partial charge in [0.05, 0.1) is 25.4 Å². The maximum absolute atomic E-state index is 12.5. The Morgan fingerprint density at radius 3 is 1.09 bits per heavy atom. The van der Waals surface area contributed by atoms with E-state index in [9.17, 15) is 19.8 Å². The van der Waals surface area contributed by atoms with Crippen LogP contribution < -0.4 is 5.32 Å². The van der Waals surface area contributed by atoms with Gasteiger partial charge in [0, 0.05) is 12.8 Å². The van der Waals surface area contributed by atoms with Gasteiger partial charge in [0.15, 0.2) is 0 Å². The van der Waals surface area contributed by atoms with E-state index in [4.69, 9.17) is 4.74 Å². The predicted molar refractivity (Wildman–Crippen MR) is 283 cm³/mol. The van der Waals surface area contributed by atoms with Crippen LogP contribution in [0.3, 0.4) is 0 Å². The molecule has 0 aromatic carbocycles. The monoisotopic (exact) mass is 916 g/mol. The van der Waals surface area contributed by atoms with Crippen molar-refractivity contribution in [3.63, 3.8) is 0 Å². The second-order valence-electron chi connectivity index (χ2n) is 20.0. The number of carbonyl (C=O) groups is 2. The fraction of sp³-hybridized carbons (Fsp3) is 0.898. The van der Waals surface area contributed by atoms with Crippen LogP contribution in [0, 0.1) is 0 Å². The molecular weight excluding hydrogens is 803 g/mol. The lowest BCUT2D eigenvalue weighted by Crippen LogP contribution is -2.45. The molecule has 0 aromatic heterocycles. The molecule has 0 radical (unpaired) electrons. The summed E-state index contributed by atoms with van der Waals surface area (Å²) in [6, 6.07) is -0.636. The topological polar surface area (TPSA) is 95.9 Å². The van der Waals surface area contributed by atoms with Crippen LogP contribution in [-0.4, -0.2) is 47.4 Å². The second kappa shape index (κ2) is 54.9. The number of carbonyl (C=O) groups excluding carboxylic acids is 2. The van der Waals surface area contributed by atoms with Crippen molar-refractivity contribution in [2.24, 2.45) is 0 Å². The number of aliphatic hydroxyl groups is 2. The van der Waals surface area contributed by atoms with E-state index in [0.29, 0.717) is 19.4 Å². The third-order valence-electron chi connectivity index (χ3n) is 13.5. The highest BCUT2D eigenvalue weighted by Crippen LogP contribution is 2.17. The third kappa shape index (κ3) is 51.6. The summed E-state index contributed by atoms with van der Waals surface area (Å²) in [5.41, 5.74) is 0. The number of rotatable bonds is 54. The number of aliphatic hydroxyl groups excluding tert-OH is 2. The van der Waals surface area contributed by atoms with Crippen LogP contribution in [0.2, 0.25) is 0 Å². The van der Waals surface area contributed by atoms with E-state index in [1.807, 2.05) is 6.08 Å². The Kier molecular flexibility index (Phi) is 53.5. The summed E-state index contributed by atoms with van der Waals surface area (Å²) in [6.07, 6.45) is 66.2. The van der Waals surface area contributed by atoms with Gasteiger partial charge in [0.1, 0.15) is 0 Å². The van der Waals surface area contributed by atoms with Crippen molar-refractivity contribution in [1.82, 2.24) is 5.32 Å². The lowest BCUT2D eigenvalue weighted by Gasteiger charge is -2.20. The van der Waals surface area contributed by atoms with Crippen molar-refractivity contribution in [1.29, 1.82) is 0 Å². The molecule has 2 atom stereocenters. The summed E-state index contributed by atoms with van der Waals surface area (Å²) < 4.78 is 5.47. The summed E-state index contributed by atoms with van der Waals surface area (Å²) in [5.74, 6) is -0.0785. The number of ether oxygens (including phenoxy) is 1. The molecule has 3 N–H and O–H groups in total. The molecule has 2 unspecified atom stereocenters. The Hall–Kier alpha value is -1.66. The summed E-state index contributed by atoms with van der Waals surface area (Å²) in [5, 5.41) is 23.1. The Labute approximate surface area is 405 Å². The number of allylic oxidation sites excluding steroid dienone is 3. The molecule has 6 heteroatoms. The molecule has 0 fully saturated rings. The smallest absolute Gasteiger partial charge is 0.305 e. The summed E-state index contributed by atoms with van der Waals surface area (Å²) in [6.45, 7) is 4.90. The summed E-state index contributed by atoms with van der Waals surface area (Å²) in [4.78, 5) is 24.5. The molecule has 0 saturated heterocycles. The first-order valence-corrected chi connectivity index (χ1v) is 29.1. The largest absolute Gasteiger partial charge is 0.466 e. The van der Waals surface area contributed by atoms with Gasteiger partial charge in [-0.2, -0.15) is 0 Å². The number of unbranched alkanes of at least 4 members (excludes halogenated alkanes) is 41. The van der Waals surface area contributed by atoms with E-state index in [-0.39, 0.29) is 18.5 Å². The minimum atomic E-state index is -0.852. The molecule has 0 aliphatic heterocycles. The number of esters is 1. The molecule has 65 heavy (non-hydrogen) atoms. The predicted octanol–water partition coefficient (Wildman–Crippen LogP) is 17.9. The maximum Gasteiger partial charge on any atom is 0.305 e. The van der Waals surface area contributed by atoms with Gasteiger partial charge in [-0.25, -0.2) is 0 Å². The van der Waals surface area contributed by atoms with E-state index in [0.717, 1.165) is 57.8 Å². The third-order valence-corrected chi connectivity index (χ3v) is 13.5. The van der Waals surface area contributed by atoms with E-state index in [1.54, 1.807) is 6.08 Å². The van der Waals surface area contributed by atoms with Crippen molar-refractivity contribution >= 4 is 11.9 Å². The Bertz CT molecular complexity index is 1010. The first-order valence-electron chi connectivity index (χ1n) is 29.1. The Balaban J connectivity index is 3.48. The maximum atomic E-state index is 12.5. The van der Waals surface area contributed by atoms with Crippen LogP contribution in [0.1, 0.15) is 316 Å². The molecule has 0 saturated carbocycles. The number of amides is 1. The fourth-order valence-corrected chi connectivity index (χ4v) is 8.98. The molecule has 0 rings (SSSR count). The lowest BCUT2D eigenvalue weighted by atomic mass is 10.0. The van der Waals surface area contributed by atoms with Crippen molar-refractivity contribution in [3.8, 4) is 0 Å². The van der Waals surface area contributed by atoms with Crippen LogP contribution in [0.15, 0.2) is 24.3 Å². The van der Waals surface area contributed by atoms with Gasteiger partial charge >= 0.3 is 5.97 Å². The Morgan fingerprint density at radius 2 is 0.723 bits per heavy atom. The van der Waals surface area contributed by atoms with E-state index >= 15 is 0 Å². The molecule has 0 bridgehead atoms. The number of nitrogens with one attached hydrogen (secondary N) is 1. The van der Waals surface area contributed by atoms with Crippen LogP contribution in [0.5, 0.6) is 0 Å². The zero-order valence-corrected chi connectivity index (χ0v) is 43.7. The molecule has 0 aliphatic rings. The Morgan fingerprint density at radius 1 is 0.415 bits per heavy atom. The minimum Gasteiger partial charge on any atom is -0.466 e. The van der Waals surface area contributed by atoms with Gasteiger partial charge in [0.2, 0.25) is 5.91 Å². The standard InChI is InChI=1S/C59H113NO5/c1-3-5-7-9-11-13-15-17-19-21-24-27-31-35-39-43-47-51-57(62)56(55-61)60-58(63)52-48-44-40-36-32-28-25-22-20-23-26-30-34-38-42-46-50-54-65-59(64)53-49-45-41-37-33-29-18-16-14-12-10-8-6-4-2/h20,23,47,51,56-57,61-62H,3-19,21-22,24-46,48-50,52-55H2,1-2H3,(H,60,63)/b23-20-,51-47+. The van der Waals surface area contributed by atoms with Crippen LogP contribution >= 0.6 is 0 Å². The zero-order valence-electron chi connectivity index (χ0n) is 43.7. The summed E-state index contributed by atoms with van der Waals surface area (Å²) >= 11 is 0. The van der Waals surface area contributed by atoms with E-state index in [1.165, 1.54) is 231 Å². The van der Waals surface area contributed by atoms with Crippen molar-refractivity contribution < 1.29 is 24.5 Å². The van der Waals surface area contributed by atoms with Gasteiger partial charge in [-0.05, 0) is 57.8 Å². The number of hydrogen-bond acceptors (Lipinski definition) is 5. The van der Waals surface area contributed by atoms with Gasteiger partial charge in [-0.3, -0.25) is 9.59 Å². The molecule has 0 spiro atoms. The zero-order chi connectivity index (χ0) is 47.2. The second-order valence-corrected chi connectivity index (χ2v) is 20.0. The van der Waals surface area contributed by atoms with Crippen LogP contribution in [0.4, 0.5) is 0 Å². The lowest BCUT2D eigenvalue weighted by molar-refractivity contribution is -0.143. The number of hydrogen-bond donors (Lipinski definition) is 3. The first-order chi connectivity index (χ1) is 32.0. The fourth-order valence-electron chi connectivity index (χ4n) is 8.98. The molecule has 6 nitrogen and oxygen atoms in total. The highest BCUT2D eigenvalue weighted by atomic mass is 16.5. The molecule has 0 heterocycles.